The second-order valence-corrected chi connectivity index (χ2v) is 11.1. The lowest BCUT2D eigenvalue weighted by atomic mass is 9.97. The van der Waals surface area contributed by atoms with E-state index in [1.165, 1.54) is 16.8 Å². The number of fused-ring (bicyclic) bond motifs is 1. The first-order valence-electron chi connectivity index (χ1n) is 13.1. The number of alkyl halides is 1. The molecule has 0 unspecified atom stereocenters. The maximum absolute atomic E-state index is 14.7. The van der Waals surface area contributed by atoms with Crippen LogP contribution in [0.3, 0.4) is 0 Å². The number of ether oxygens (including phenoxy) is 2. The molecule has 12 nitrogen and oxygen atoms in total. The van der Waals surface area contributed by atoms with Gasteiger partial charge in [0, 0.05) is 11.8 Å². The van der Waals surface area contributed by atoms with E-state index >= 15 is 0 Å². The number of carboxylic acid groups (broad SMARTS) is 1. The third-order valence-corrected chi connectivity index (χ3v) is 6.55. The molecule has 3 aromatic rings. The summed E-state index contributed by atoms with van der Waals surface area (Å²) in [7, 11) is 0. The van der Waals surface area contributed by atoms with Crippen LogP contribution >= 0.6 is 0 Å². The van der Waals surface area contributed by atoms with Crippen molar-refractivity contribution in [2.75, 3.05) is 19.7 Å². The molecule has 0 spiro atoms. The number of hydrogen-bond acceptors (Lipinski definition) is 8. The summed E-state index contributed by atoms with van der Waals surface area (Å²) in [6.07, 6.45) is 0.649. The van der Waals surface area contributed by atoms with E-state index in [1.807, 2.05) is 0 Å². The van der Waals surface area contributed by atoms with Gasteiger partial charge in [-0.15, -0.1) is 5.06 Å². The molecule has 1 fully saturated rings. The van der Waals surface area contributed by atoms with Gasteiger partial charge in [0.2, 0.25) is 6.10 Å². The Balaban J connectivity index is 1.23. The van der Waals surface area contributed by atoms with E-state index in [2.05, 4.69) is 5.10 Å². The molecule has 13 heteroatoms. The van der Waals surface area contributed by atoms with Gasteiger partial charge in [0.15, 0.2) is 5.67 Å². The maximum Gasteiger partial charge on any atom is 0.407 e. The van der Waals surface area contributed by atoms with Gasteiger partial charge in [-0.3, -0.25) is 14.3 Å². The minimum atomic E-state index is -1.67. The molecular weight excluding hydrogens is 551 g/mol. The number of carbonyl (C=O) groups excluding carboxylic acids is 3. The number of amides is 3. The lowest BCUT2D eigenvalue weighted by Gasteiger charge is -2.42. The van der Waals surface area contributed by atoms with E-state index in [9.17, 15) is 23.6 Å². The molecule has 42 heavy (non-hydrogen) atoms. The van der Waals surface area contributed by atoms with Gasteiger partial charge in [0.1, 0.15) is 18.0 Å². The largest absolute Gasteiger partial charge is 0.490 e. The number of nitrogens with zero attached hydrogens (tertiary/aromatic N) is 4. The van der Waals surface area contributed by atoms with E-state index in [-0.39, 0.29) is 37.4 Å². The Morgan fingerprint density at radius 2 is 1.64 bits per heavy atom. The van der Waals surface area contributed by atoms with Crippen LogP contribution < -0.4 is 4.74 Å². The molecular formula is C29H29FN4O8. The summed E-state index contributed by atoms with van der Waals surface area (Å²) in [6.45, 7) is 4.19. The van der Waals surface area contributed by atoms with E-state index in [0.29, 0.717) is 16.4 Å². The lowest BCUT2D eigenvalue weighted by Crippen LogP contribution is -2.62. The highest BCUT2D eigenvalue weighted by Crippen LogP contribution is 2.29. The van der Waals surface area contributed by atoms with Crippen molar-refractivity contribution < 1.29 is 43.0 Å². The first-order valence-corrected chi connectivity index (χ1v) is 13.1. The number of imide groups is 1. The minimum Gasteiger partial charge on any atom is -0.490 e. The number of halogens is 1. The first-order chi connectivity index (χ1) is 19.8. The highest BCUT2D eigenvalue weighted by Gasteiger charge is 2.46. The Bertz CT molecular complexity index is 1490. The van der Waals surface area contributed by atoms with Crippen LogP contribution in [0.4, 0.5) is 9.18 Å². The van der Waals surface area contributed by atoms with Gasteiger partial charge >= 0.3 is 12.1 Å². The van der Waals surface area contributed by atoms with Gasteiger partial charge in [0.05, 0.1) is 37.0 Å². The number of esters is 1. The number of hydrogen-bond donors (Lipinski definition) is 1. The van der Waals surface area contributed by atoms with Crippen molar-refractivity contribution in [1.82, 2.24) is 19.7 Å². The van der Waals surface area contributed by atoms with Crippen molar-refractivity contribution in [3.63, 3.8) is 0 Å². The van der Waals surface area contributed by atoms with Crippen molar-refractivity contribution in [3.8, 4) is 16.9 Å². The van der Waals surface area contributed by atoms with Gasteiger partial charge in [-0.2, -0.15) is 5.10 Å². The standard InChI is InChI=1S/C29H29FN4O8/c1-28(2,3)41-26(37)23(42-34-24(35)21-6-4-5-7-22(21)25(34)36)14-40-20-10-8-18(9-11-20)19-12-31-33(13-19)17-29(30)15-32(16-29)27(38)39/h4-13,23H,14-17H2,1-3H3,(H,38,39)/t23-/m0/s1. The van der Waals surface area contributed by atoms with Gasteiger partial charge < -0.3 is 19.5 Å². The zero-order valence-electron chi connectivity index (χ0n) is 23.2. The molecule has 2 aromatic carbocycles. The van der Waals surface area contributed by atoms with Crippen LogP contribution in [-0.2, 0) is 20.9 Å². The van der Waals surface area contributed by atoms with Gasteiger partial charge in [0.25, 0.3) is 11.8 Å². The van der Waals surface area contributed by atoms with Gasteiger partial charge in [-0.25, -0.2) is 18.8 Å². The molecule has 0 bridgehead atoms. The number of benzene rings is 2. The predicted octanol–water partition coefficient (Wildman–Crippen LogP) is 3.57. The first kappa shape index (κ1) is 28.7. The fourth-order valence-electron chi connectivity index (χ4n) is 4.58. The molecule has 5 rings (SSSR count). The molecule has 2 aliphatic heterocycles. The molecule has 2 aliphatic rings. The highest BCUT2D eigenvalue weighted by atomic mass is 19.1. The highest BCUT2D eigenvalue weighted by molar-refractivity contribution is 6.20. The lowest BCUT2D eigenvalue weighted by molar-refractivity contribution is -0.193. The summed E-state index contributed by atoms with van der Waals surface area (Å²) >= 11 is 0. The van der Waals surface area contributed by atoms with Crippen LogP contribution in [-0.4, -0.2) is 85.8 Å². The number of hydroxylamine groups is 2. The fourth-order valence-corrected chi connectivity index (χ4v) is 4.58. The second-order valence-electron chi connectivity index (χ2n) is 11.1. The van der Waals surface area contributed by atoms with E-state index in [0.717, 1.165) is 10.5 Å². The SMILES string of the molecule is CC(C)(C)OC(=O)[C@H](COc1ccc(-c2cnn(CC3(F)CN(C(=O)O)C3)c2)cc1)ON1C(=O)c2ccccc2C1=O. The van der Waals surface area contributed by atoms with Crippen LogP contribution in [0.1, 0.15) is 41.5 Å². The average Bonchev–Trinajstić information content (AvgIpc) is 3.47. The Morgan fingerprint density at radius 3 is 2.21 bits per heavy atom. The third-order valence-electron chi connectivity index (χ3n) is 6.55. The summed E-state index contributed by atoms with van der Waals surface area (Å²) in [5, 5.41) is 13.7. The predicted molar refractivity (Wildman–Crippen MR) is 144 cm³/mol. The molecule has 220 valence electrons. The Morgan fingerprint density at radius 1 is 1.02 bits per heavy atom. The van der Waals surface area contributed by atoms with Crippen LogP contribution in [0.2, 0.25) is 0 Å². The summed E-state index contributed by atoms with van der Waals surface area (Å²) in [5.41, 5.74) is -0.723. The number of rotatable bonds is 9. The van der Waals surface area contributed by atoms with Crippen LogP contribution in [0.5, 0.6) is 5.75 Å². The van der Waals surface area contributed by atoms with Crippen LogP contribution in [0, 0.1) is 0 Å². The van der Waals surface area contributed by atoms with Gasteiger partial charge in [-0.1, -0.05) is 24.3 Å². The second kappa shape index (κ2) is 10.9. The molecule has 0 saturated carbocycles. The Labute approximate surface area is 240 Å². The molecule has 0 aliphatic carbocycles. The van der Waals surface area contributed by atoms with Gasteiger partial charge in [-0.05, 0) is 50.6 Å². The third kappa shape index (κ3) is 6.10. The maximum atomic E-state index is 14.7. The van der Waals surface area contributed by atoms with Crippen LogP contribution in [0.25, 0.3) is 11.1 Å². The van der Waals surface area contributed by atoms with Crippen molar-refractivity contribution in [1.29, 1.82) is 0 Å². The minimum absolute atomic E-state index is 0.0723. The van der Waals surface area contributed by atoms with E-state index in [1.54, 1.807) is 69.6 Å². The molecule has 1 aromatic heterocycles. The summed E-state index contributed by atoms with van der Waals surface area (Å²) < 4.78 is 27.4. The molecule has 1 saturated heterocycles. The van der Waals surface area contributed by atoms with Crippen LogP contribution in [0.15, 0.2) is 60.9 Å². The Kier molecular flexibility index (Phi) is 7.45. The average molecular weight is 581 g/mol. The molecule has 1 atom stereocenters. The summed E-state index contributed by atoms with van der Waals surface area (Å²) in [6, 6.07) is 13.0. The van der Waals surface area contributed by atoms with Crippen molar-refractivity contribution in [3.05, 3.63) is 72.1 Å². The number of aromatic nitrogens is 2. The van der Waals surface area contributed by atoms with Crippen molar-refractivity contribution >= 4 is 23.9 Å². The quantitative estimate of drug-likeness (QED) is 0.297. The number of carbonyl (C=O) groups is 4. The zero-order chi connectivity index (χ0) is 30.2. The molecule has 3 heterocycles. The molecule has 3 amide bonds. The molecule has 1 N–H and O–H groups in total. The molecule has 0 radical (unpaired) electrons. The van der Waals surface area contributed by atoms with E-state index in [4.69, 9.17) is 19.4 Å². The topological polar surface area (TPSA) is 140 Å². The summed E-state index contributed by atoms with van der Waals surface area (Å²) in [5.74, 6) is -1.82. The Hall–Kier alpha value is -4.78. The van der Waals surface area contributed by atoms with E-state index < -0.39 is 41.3 Å². The van der Waals surface area contributed by atoms with Crippen molar-refractivity contribution in [2.24, 2.45) is 0 Å². The summed E-state index contributed by atoms with van der Waals surface area (Å²) in [4.78, 5) is 56.0. The zero-order valence-corrected chi connectivity index (χ0v) is 23.2. The normalized spacial score (nSPS) is 16.6. The monoisotopic (exact) mass is 580 g/mol. The fraction of sp³-hybridized carbons (Fsp3) is 0.345. The number of likely N-dealkylation sites (tertiary alicyclic amines) is 1. The van der Waals surface area contributed by atoms with Crippen molar-refractivity contribution in [2.45, 2.75) is 44.7 Å². The smallest absolute Gasteiger partial charge is 0.407 e.